The Morgan fingerprint density at radius 2 is 2.07 bits per heavy atom. The van der Waals surface area contributed by atoms with Gasteiger partial charge < -0.3 is 14.9 Å². The molecule has 166 valence electrons. The second-order valence-electron chi connectivity index (χ2n) is 8.29. The second kappa shape index (κ2) is 12.5. The predicted molar refractivity (Wildman–Crippen MR) is 133 cm³/mol. The Labute approximate surface area is 191 Å². The van der Waals surface area contributed by atoms with E-state index < -0.39 is 0 Å². The van der Waals surface area contributed by atoms with Gasteiger partial charge in [0.25, 0.3) is 0 Å². The molecular formula is C25H36O3S2. The molecule has 1 aromatic rings. The number of thiocarbonyl (C=S) groups is 1. The highest BCUT2D eigenvalue weighted by Gasteiger charge is 2.31. The van der Waals surface area contributed by atoms with Crippen LogP contribution in [0.4, 0.5) is 0 Å². The van der Waals surface area contributed by atoms with E-state index in [1.807, 2.05) is 6.07 Å². The summed E-state index contributed by atoms with van der Waals surface area (Å²) < 4.78 is 6.56. The van der Waals surface area contributed by atoms with Crippen LogP contribution in [0.15, 0.2) is 35.9 Å². The molecule has 2 rings (SSSR count). The zero-order valence-corrected chi connectivity index (χ0v) is 20.2. The Bertz CT molecular complexity index is 770. The van der Waals surface area contributed by atoms with E-state index in [-0.39, 0.29) is 24.2 Å². The second-order valence-corrected chi connectivity index (χ2v) is 9.99. The van der Waals surface area contributed by atoms with E-state index in [0.717, 1.165) is 55.2 Å². The maximum atomic E-state index is 11.1. The van der Waals surface area contributed by atoms with E-state index in [0.29, 0.717) is 22.3 Å². The summed E-state index contributed by atoms with van der Waals surface area (Å²) in [7, 11) is 0. The fraction of sp³-hybridized carbons (Fsp3) is 0.560. The van der Waals surface area contributed by atoms with Crippen molar-refractivity contribution in [3.63, 3.8) is 0 Å². The van der Waals surface area contributed by atoms with Gasteiger partial charge >= 0.3 is 0 Å². The van der Waals surface area contributed by atoms with Gasteiger partial charge in [-0.25, -0.2) is 0 Å². The van der Waals surface area contributed by atoms with Gasteiger partial charge in [-0.1, -0.05) is 55.3 Å². The minimum Gasteiger partial charge on any atom is -0.507 e. The third-order valence-corrected chi connectivity index (χ3v) is 6.93. The lowest BCUT2D eigenvalue weighted by molar-refractivity contribution is 0.296. The quantitative estimate of drug-likeness (QED) is 0.231. The number of thioether (sulfide) groups is 1. The first-order chi connectivity index (χ1) is 14.4. The Kier molecular flexibility index (Phi) is 10.4. The van der Waals surface area contributed by atoms with Crippen molar-refractivity contribution in [1.29, 1.82) is 0 Å². The van der Waals surface area contributed by atoms with Gasteiger partial charge in [0, 0.05) is 23.8 Å². The van der Waals surface area contributed by atoms with Gasteiger partial charge in [-0.15, -0.1) is 0 Å². The van der Waals surface area contributed by atoms with Crippen LogP contribution in [0.1, 0.15) is 76.3 Å². The number of aliphatic hydroxyl groups excluding tert-OH is 1. The molecule has 0 saturated heterocycles. The number of benzene rings is 1. The molecule has 0 aliphatic heterocycles. The van der Waals surface area contributed by atoms with Crippen molar-refractivity contribution in [2.45, 2.75) is 71.6 Å². The molecule has 2 atom stereocenters. The molecule has 0 spiro atoms. The van der Waals surface area contributed by atoms with Crippen molar-refractivity contribution >= 4 is 28.4 Å². The number of phenols is 1. The topological polar surface area (TPSA) is 49.7 Å². The average Bonchev–Trinajstić information content (AvgIpc) is 2.68. The van der Waals surface area contributed by atoms with E-state index in [9.17, 15) is 5.11 Å². The van der Waals surface area contributed by atoms with Gasteiger partial charge in [-0.3, -0.25) is 0 Å². The normalized spacial score (nSPS) is 18.7. The van der Waals surface area contributed by atoms with Crippen molar-refractivity contribution in [1.82, 2.24) is 0 Å². The van der Waals surface area contributed by atoms with E-state index in [1.54, 1.807) is 0 Å². The number of phenolic OH excluding ortho intramolecular Hbond substituents is 1. The highest BCUT2D eigenvalue weighted by Crippen LogP contribution is 2.47. The van der Waals surface area contributed by atoms with Gasteiger partial charge in [-0.05, 0) is 81.8 Å². The van der Waals surface area contributed by atoms with E-state index in [2.05, 4.69) is 39.5 Å². The molecule has 5 heteroatoms. The molecule has 0 fully saturated rings. The van der Waals surface area contributed by atoms with Crippen molar-refractivity contribution in [3.05, 3.63) is 47.1 Å². The molecule has 0 saturated carbocycles. The lowest BCUT2D eigenvalue weighted by atomic mass is 9.73. The maximum Gasteiger partial charge on any atom is 0.225 e. The van der Waals surface area contributed by atoms with Gasteiger partial charge in [0.15, 0.2) is 0 Å². The lowest BCUT2D eigenvalue weighted by Gasteiger charge is -2.32. The van der Waals surface area contributed by atoms with Crippen LogP contribution < -0.4 is 4.74 Å². The minimum atomic E-state index is 0.0289. The number of aryl methyl sites for hydroxylation is 1. The van der Waals surface area contributed by atoms with Crippen LogP contribution in [0.2, 0.25) is 0 Å². The van der Waals surface area contributed by atoms with Crippen LogP contribution >= 0.6 is 24.0 Å². The molecular weight excluding hydrogens is 412 g/mol. The summed E-state index contributed by atoms with van der Waals surface area (Å²) >= 11 is 6.88. The third kappa shape index (κ3) is 7.14. The van der Waals surface area contributed by atoms with Crippen molar-refractivity contribution < 1.29 is 14.9 Å². The van der Waals surface area contributed by atoms with Gasteiger partial charge in [0.2, 0.25) is 4.38 Å². The number of rotatable bonds is 10. The highest BCUT2D eigenvalue weighted by molar-refractivity contribution is 8.22. The first-order valence-corrected chi connectivity index (χ1v) is 12.4. The van der Waals surface area contributed by atoms with Crippen LogP contribution in [-0.2, 0) is 6.42 Å². The highest BCUT2D eigenvalue weighted by atomic mass is 32.2. The number of aliphatic hydroxyl groups is 1. The number of unbranched alkanes of at least 4 members (excludes halogenated alkanes) is 2. The molecule has 0 aromatic heterocycles. The number of hydrogen-bond acceptors (Lipinski definition) is 5. The lowest BCUT2D eigenvalue weighted by Crippen LogP contribution is -2.18. The summed E-state index contributed by atoms with van der Waals surface area (Å²) in [6, 6.07) is 3.95. The third-order valence-electron chi connectivity index (χ3n) is 5.68. The molecule has 1 aliphatic rings. The summed E-state index contributed by atoms with van der Waals surface area (Å²) in [5.41, 5.74) is 4.34. The van der Waals surface area contributed by atoms with E-state index in [4.69, 9.17) is 22.1 Å². The van der Waals surface area contributed by atoms with Crippen LogP contribution in [0.3, 0.4) is 0 Å². The molecule has 1 aliphatic carbocycles. The summed E-state index contributed by atoms with van der Waals surface area (Å²) in [5, 5.41) is 20.1. The van der Waals surface area contributed by atoms with E-state index in [1.165, 1.54) is 17.3 Å². The Morgan fingerprint density at radius 1 is 1.30 bits per heavy atom. The van der Waals surface area contributed by atoms with Crippen LogP contribution in [-0.4, -0.2) is 27.0 Å². The van der Waals surface area contributed by atoms with Gasteiger partial charge in [0.1, 0.15) is 11.5 Å². The van der Waals surface area contributed by atoms with Crippen molar-refractivity contribution in [2.24, 2.45) is 5.92 Å². The number of ether oxygens (including phenoxy) is 1. The fourth-order valence-corrected chi connectivity index (χ4v) is 4.98. The maximum absolute atomic E-state index is 11.1. The fourth-order valence-electron chi connectivity index (χ4n) is 4.06. The van der Waals surface area contributed by atoms with Crippen LogP contribution in [0.5, 0.6) is 11.5 Å². The van der Waals surface area contributed by atoms with Crippen LogP contribution in [0.25, 0.3) is 0 Å². The first-order valence-electron chi connectivity index (χ1n) is 11.0. The molecule has 0 unspecified atom stereocenters. The molecule has 30 heavy (non-hydrogen) atoms. The first kappa shape index (κ1) is 25.0. The Hall–Kier alpha value is -1.30. The zero-order valence-electron chi connectivity index (χ0n) is 18.6. The van der Waals surface area contributed by atoms with Crippen molar-refractivity contribution in [3.8, 4) is 11.5 Å². The molecule has 0 amide bonds. The number of hydrogen-bond donors (Lipinski definition) is 2. The SMILES string of the molecule is C=C(C)[C@@H]1CCC(C)=C[C@H]1c1c(O)cc(CCCCC)cc1OC(=S)SCCCO. The number of aromatic hydroxyl groups is 1. The Balaban J connectivity index is 2.41. The zero-order chi connectivity index (χ0) is 22.1. The molecule has 0 bridgehead atoms. The monoisotopic (exact) mass is 448 g/mol. The summed E-state index contributed by atoms with van der Waals surface area (Å²) in [5.74, 6) is 1.95. The molecule has 1 aromatic carbocycles. The summed E-state index contributed by atoms with van der Waals surface area (Å²) in [6.07, 6.45) is 9.31. The molecule has 3 nitrogen and oxygen atoms in total. The minimum absolute atomic E-state index is 0.0289. The van der Waals surface area contributed by atoms with E-state index >= 15 is 0 Å². The summed E-state index contributed by atoms with van der Waals surface area (Å²) in [6.45, 7) is 10.8. The standard InChI is InChI=1S/C25H36O3S2/c1-5-6-7-9-19-15-22(27)24(21-14-18(4)10-11-20(21)17(2)3)23(16-19)28-25(29)30-13-8-12-26/h14-16,20-21,26-27H,2,5-13H2,1,3-4H3/t20-,21+/m0/s1. The average molecular weight is 449 g/mol. The summed E-state index contributed by atoms with van der Waals surface area (Å²) in [4.78, 5) is 0. The van der Waals surface area contributed by atoms with Gasteiger partial charge in [-0.2, -0.15) is 0 Å². The Morgan fingerprint density at radius 3 is 2.73 bits per heavy atom. The number of allylic oxidation sites excluding steroid dienone is 3. The van der Waals surface area contributed by atoms with Gasteiger partial charge in [0.05, 0.1) is 0 Å². The molecule has 0 heterocycles. The smallest absolute Gasteiger partial charge is 0.225 e. The predicted octanol–water partition coefficient (Wildman–Crippen LogP) is 6.92. The van der Waals surface area contributed by atoms with Crippen LogP contribution in [0, 0.1) is 5.92 Å². The molecule has 0 radical (unpaired) electrons. The largest absolute Gasteiger partial charge is 0.507 e. The molecule has 2 N–H and O–H groups in total. The van der Waals surface area contributed by atoms with Crippen molar-refractivity contribution in [2.75, 3.05) is 12.4 Å².